The molecule has 0 rings (SSSR count). The molecule has 2 nitrogen and oxygen atoms in total. The van der Waals surface area contributed by atoms with Crippen LogP contribution in [-0.4, -0.2) is 30.3 Å². The number of ether oxygens (including phenoxy) is 1. The van der Waals surface area contributed by atoms with Crippen LogP contribution in [-0.2, 0) is 9.53 Å². The van der Waals surface area contributed by atoms with Gasteiger partial charge in [0.15, 0.2) is 0 Å². The van der Waals surface area contributed by atoms with Gasteiger partial charge in [-0.25, -0.2) is 4.39 Å². The second-order valence-corrected chi connectivity index (χ2v) is 4.41. The summed E-state index contributed by atoms with van der Waals surface area (Å²) in [6.07, 6.45) is 0.638. The van der Waals surface area contributed by atoms with Crippen LogP contribution < -0.4 is 0 Å². The molecule has 0 amide bonds. The summed E-state index contributed by atoms with van der Waals surface area (Å²) in [6, 6.07) is 0. The smallest absolute Gasteiger partial charge is 0.318 e. The van der Waals surface area contributed by atoms with Gasteiger partial charge < -0.3 is 4.74 Å². The minimum Gasteiger partial charge on any atom is -0.468 e. The Balaban J connectivity index is 3.37. The van der Waals surface area contributed by atoms with E-state index in [4.69, 9.17) is 0 Å². The number of methoxy groups -OCH3 is 1. The number of carbonyl (C=O) groups excluding carboxylic acids is 1. The largest absolute Gasteiger partial charge is 0.468 e. The highest BCUT2D eigenvalue weighted by Crippen LogP contribution is 2.14. The molecule has 78 valence electrons. The lowest BCUT2D eigenvalue weighted by Crippen LogP contribution is -2.15. The first kappa shape index (κ1) is 12.8. The van der Waals surface area contributed by atoms with Crippen molar-refractivity contribution in [2.45, 2.75) is 38.1 Å². The molecule has 0 aromatic heterocycles. The van der Waals surface area contributed by atoms with Gasteiger partial charge in [0.05, 0.1) is 18.5 Å². The van der Waals surface area contributed by atoms with E-state index in [9.17, 15) is 9.18 Å². The van der Waals surface area contributed by atoms with Gasteiger partial charge >= 0.3 is 5.97 Å². The van der Waals surface area contributed by atoms with Crippen molar-refractivity contribution >= 4 is 17.7 Å². The molecule has 0 aromatic carbocycles. The number of halogens is 1. The van der Waals surface area contributed by atoms with Crippen LogP contribution >= 0.6 is 11.8 Å². The van der Waals surface area contributed by atoms with Crippen molar-refractivity contribution in [3.05, 3.63) is 0 Å². The van der Waals surface area contributed by atoms with Crippen molar-refractivity contribution in [3.8, 4) is 0 Å². The normalized spacial score (nSPS) is 15.1. The second-order valence-electron chi connectivity index (χ2n) is 2.96. The molecule has 4 heteroatoms. The van der Waals surface area contributed by atoms with Gasteiger partial charge in [-0.15, -0.1) is 11.8 Å². The van der Waals surface area contributed by atoms with Crippen LogP contribution in [0.25, 0.3) is 0 Å². The van der Waals surface area contributed by atoms with E-state index in [2.05, 4.69) is 4.74 Å². The monoisotopic (exact) mass is 208 g/mol. The third-order valence-corrected chi connectivity index (χ3v) is 2.86. The lowest BCUT2D eigenvalue weighted by atomic mass is 10.2. The fraction of sp³-hybridized carbons (Fsp3) is 0.889. The fourth-order valence-corrected chi connectivity index (χ4v) is 1.78. The number of hydrogen-bond acceptors (Lipinski definition) is 3. The maximum atomic E-state index is 12.3. The van der Waals surface area contributed by atoms with Gasteiger partial charge in [-0.2, -0.15) is 0 Å². The number of thioether (sulfide) groups is 1. The molecular formula is C9H17FO2S. The lowest BCUT2D eigenvalue weighted by Gasteiger charge is -2.08. The van der Waals surface area contributed by atoms with E-state index in [-0.39, 0.29) is 11.2 Å². The lowest BCUT2D eigenvalue weighted by molar-refractivity contribution is -0.139. The molecule has 0 N–H and O–H groups in total. The average Bonchev–Trinajstić information content (AvgIpc) is 2.10. The Morgan fingerprint density at radius 1 is 1.54 bits per heavy atom. The summed E-state index contributed by atoms with van der Waals surface area (Å²) in [6.45, 7) is 3.35. The second kappa shape index (κ2) is 7.18. The van der Waals surface area contributed by atoms with E-state index >= 15 is 0 Å². The first-order chi connectivity index (χ1) is 6.07. The fourth-order valence-electron chi connectivity index (χ4n) is 0.859. The van der Waals surface area contributed by atoms with Crippen LogP contribution in [0.5, 0.6) is 0 Å². The van der Waals surface area contributed by atoms with Crippen LogP contribution in [0.4, 0.5) is 4.39 Å². The zero-order valence-electron chi connectivity index (χ0n) is 8.38. The topological polar surface area (TPSA) is 26.3 Å². The highest BCUT2D eigenvalue weighted by molar-refractivity contribution is 8.00. The van der Waals surface area contributed by atoms with E-state index < -0.39 is 6.17 Å². The molecule has 2 unspecified atom stereocenters. The summed E-state index contributed by atoms with van der Waals surface area (Å²) < 4.78 is 16.9. The molecule has 0 aromatic rings. The third kappa shape index (κ3) is 6.87. The summed E-state index contributed by atoms with van der Waals surface area (Å²) in [5, 5.41) is -0.139. The van der Waals surface area contributed by atoms with E-state index in [1.807, 2.05) is 0 Å². The SMILES string of the molecule is COC(=O)C(C)SCCCC(C)F. The number of esters is 1. The summed E-state index contributed by atoms with van der Waals surface area (Å²) >= 11 is 1.51. The van der Waals surface area contributed by atoms with Crippen LogP contribution in [0.3, 0.4) is 0 Å². The molecule has 13 heavy (non-hydrogen) atoms. The van der Waals surface area contributed by atoms with Crippen LogP contribution in [0.15, 0.2) is 0 Å². The molecule has 2 atom stereocenters. The van der Waals surface area contributed by atoms with Crippen LogP contribution in [0.2, 0.25) is 0 Å². The Hall–Kier alpha value is -0.250. The minimum absolute atomic E-state index is 0.139. The van der Waals surface area contributed by atoms with Crippen molar-refractivity contribution < 1.29 is 13.9 Å². The number of carbonyl (C=O) groups is 1. The molecule has 0 aliphatic rings. The van der Waals surface area contributed by atoms with Crippen molar-refractivity contribution in [2.24, 2.45) is 0 Å². The van der Waals surface area contributed by atoms with Crippen molar-refractivity contribution in [2.75, 3.05) is 12.9 Å². The molecule has 0 spiro atoms. The van der Waals surface area contributed by atoms with E-state index in [0.29, 0.717) is 6.42 Å². The van der Waals surface area contributed by atoms with Gasteiger partial charge in [-0.1, -0.05) is 0 Å². The van der Waals surface area contributed by atoms with E-state index in [0.717, 1.165) is 12.2 Å². The summed E-state index contributed by atoms with van der Waals surface area (Å²) in [4.78, 5) is 10.9. The summed E-state index contributed by atoms with van der Waals surface area (Å²) in [7, 11) is 1.38. The van der Waals surface area contributed by atoms with Crippen LogP contribution in [0.1, 0.15) is 26.7 Å². The Morgan fingerprint density at radius 2 is 2.15 bits per heavy atom. The molecule has 0 heterocycles. The maximum Gasteiger partial charge on any atom is 0.318 e. The van der Waals surface area contributed by atoms with Gasteiger partial charge in [0.2, 0.25) is 0 Å². The van der Waals surface area contributed by atoms with Gasteiger partial charge in [0.25, 0.3) is 0 Å². The number of rotatable bonds is 6. The molecule has 0 bridgehead atoms. The quantitative estimate of drug-likeness (QED) is 0.495. The first-order valence-electron chi connectivity index (χ1n) is 4.41. The zero-order chi connectivity index (χ0) is 10.3. The van der Waals surface area contributed by atoms with Gasteiger partial charge in [-0.05, 0) is 32.4 Å². The molecule has 0 saturated heterocycles. The van der Waals surface area contributed by atoms with Gasteiger partial charge in [-0.3, -0.25) is 4.79 Å². The van der Waals surface area contributed by atoms with E-state index in [1.54, 1.807) is 13.8 Å². The zero-order valence-corrected chi connectivity index (χ0v) is 9.20. The highest BCUT2D eigenvalue weighted by Gasteiger charge is 2.12. The van der Waals surface area contributed by atoms with Crippen molar-refractivity contribution in [1.82, 2.24) is 0 Å². The van der Waals surface area contributed by atoms with E-state index in [1.165, 1.54) is 18.9 Å². The molecule has 0 aliphatic heterocycles. The number of hydrogen-bond donors (Lipinski definition) is 0. The first-order valence-corrected chi connectivity index (χ1v) is 5.46. The molecule has 0 aliphatic carbocycles. The third-order valence-electron chi connectivity index (χ3n) is 1.65. The molecule has 0 fully saturated rings. The highest BCUT2D eigenvalue weighted by atomic mass is 32.2. The molecule has 0 radical (unpaired) electrons. The predicted octanol–water partition coefficient (Wildman–Crippen LogP) is 2.42. The van der Waals surface area contributed by atoms with Crippen LogP contribution in [0, 0.1) is 0 Å². The average molecular weight is 208 g/mol. The summed E-state index contributed by atoms with van der Waals surface area (Å²) in [5.41, 5.74) is 0. The van der Waals surface area contributed by atoms with Crippen molar-refractivity contribution in [1.29, 1.82) is 0 Å². The Bertz CT molecular complexity index is 151. The van der Waals surface area contributed by atoms with Gasteiger partial charge in [0.1, 0.15) is 0 Å². The molecular weight excluding hydrogens is 191 g/mol. The minimum atomic E-state index is -0.742. The van der Waals surface area contributed by atoms with Crippen molar-refractivity contribution in [3.63, 3.8) is 0 Å². The summed E-state index contributed by atoms with van der Waals surface area (Å²) in [5.74, 6) is 0.600. The van der Waals surface area contributed by atoms with Gasteiger partial charge in [0, 0.05) is 0 Å². The Morgan fingerprint density at radius 3 is 2.62 bits per heavy atom. The Labute approximate surface area is 83.2 Å². The Kier molecular flexibility index (Phi) is 7.04. The number of alkyl halides is 1. The maximum absolute atomic E-state index is 12.3. The molecule has 0 saturated carbocycles. The predicted molar refractivity (Wildman–Crippen MR) is 53.7 cm³/mol. The standard InChI is InChI=1S/C9H17FO2S/c1-7(10)5-4-6-13-8(2)9(11)12-3/h7-8H,4-6H2,1-3H3.